The Morgan fingerprint density at radius 3 is 2.54 bits per heavy atom. The number of benzene rings is 2. The zero-order chi connectivity index (χ0) is 27.6. The standard InChI is InChI=1S/C34H43N3O2/c1-25-22-30(17-19-33(25)39-3)28-15-12-27(13-16-28)24-37(34(38)29-9-5-4-6-10-29)32-11-7-8-26(23-32)14-18-31(35)20-21-36-2/h7-8,11,17,19-23,27-29,35-36H,4-6,9-10,12-13,15-16,24H2,1-3H3/b21-20-,35-31?. The van der Waals surface area contributed by atoms with Crippen molar-refractivity contribution in [3.8, 4) is 17.6 Å². The van der Waals surface area contributed by atoms with E-state index in [2.05, 4.69) is 47.2 Å². The summed E-state index contributed by atoms with van der Waals surface area (Å²) in [6.45, 7) is 2.88. The summed E-state index contributed by atoms with van der Waals surface area (Å²) >= 11 is 0. The number of hydrogen-bond acceptors (Lipinski definition) is 4. The highest BCUT2D eigenvalue weighted by molar-refractivity contribution is 6.06. The molecule has 0 heterocycles. The monoisotopic (exact) mass is 525 g/mol. The van der Waals surface area contributed by atoms with Crippen molar-refractivity contribution in [3.05, 3.63) is 71.4 Å². The highest BCUT2D eigenvalue weighted by atomic mass is 16.5. The number of allylic oxidation sites excluding steroid dienone is 1. The lowest BCUT2D eigenvalue weighted by molar-refractivity contribution is -0.123. The number of ether oxygens (including phenoxy) is 1. The quantitative estimate of drug-likeness (QED) is 0.288. The molecule has 5 nitrogen and oxygen atoms in total. The van der Waals surface area contributed by atoms with Gasteiger partial charge in [0.25, 0.3) is 0 Å². The smallest absolute Gasteiger partial charge is 0.230 e. The SMILES string of the molecule is CN/C=C\C(=N)C#Cc1cccc(N(CC2CCC(c3ccc(OC)c(C)c3)CC2)C(=O)C2CCCCC2)c1. The number of carbonyl (C=O) groups excluding carboxylic acids is 1. The van der Waals surface area contributed by atoms with Crippen molar-refractivity contribution < 1.29 is 9.53 Å². The largest absolute Gasteiger partial charge is 0.496 e. The minimum absolute atomic E-state index is 0.118. The van der Waals surface area contributed by atoms with Gasteiger partial charge < -0.3 is 15.0 Å². The Bertz CT molecular complexity index is 1220. The van der Waals surface area contributed by atoms with Gasteiger partial charge >= 0.3 is 0 Å². The van der Waals surface area contributed by atoms with Gasteiger partial charge in [0.2, 0.25) is 5.91 Å². The molecule has 2 N–H and O–H groups in total. The molecule has 4 rings (SSSR count). The fourth-order valence-electron chi connectivity index (χ4n) is 6.08. The lowest BCUT2D eigenvalue weighted by atomic mass is 9.78. The molecule has 2 aliphatic rings. The number of amides is 1. The van der Waals surface area contributed by atoms with Gasteiger partial charge in [-0.05, 0) is 111 Å². The van der Waals surface area contributed by atoms with E-state index >= 15 is 0 Å². The van der Waals surface area contributed by atoms with E-state index in [1.807, 2.05) is 24.3 Å². The molecule has 0 aromatic heterocycles. The van der Waals surface area contributed by atoms with Crippen molar-refractivity contribution in [2.75, 3.05) is 25.6 Å². The molecule has 2 saturated carbocycles. The molecule has 2 aliphatic carbocycles. The van der Waals surface area contributed by atoms with Gasteiger partial charge in [0.15, 0.2) is 0 Å². The Morgan fingerprint density at radius 2 is 1.85 bits per heavy atom. The van der Waals surface area contributed by atoms with Crippen molar-refractivity contribution in [2.45, 2.75) is 70.6 Å². The van der Waals surface area contributed by atoms with E-state index in [1.54, 1.807) is 26.4 Å². The molecule has 2 fully saturated rings. The fraction of sp³-hybridized carbons (Fsp3) is 0.471. The van der Waals surface area contributed by atoms with E-state index in [-0.39, 0.29) is 17.5 Å². The molecule has 0 radical (unpaired) electrons. The van der Waals surface area contributed by atoms with Gasteiger partial charge in [-0.2, -0.15) is 0 Å². The summed E-state index contributed by atoms with van der Waals surface area (Å²) in [6, 6.07) is 14.6. The highest BCUT2D eigenvalue weighted by Gasteiger charge is 2.31. The number of nitrogens with zero attached hydrogens (tertiary/aromatic N) is 1. The summed E-state index contributed by atoms with van der Waals surface area (Å²) in [5.41, 5.74) is 4.60. The van der Waals surface area contributed by atoms with Crippen LogP contribution in [0.15, 0.2) is 54.7 Å². The normalized spacial score (nSPS) is 19.7. The molecule has 1 amide bonds. The van der Waals surface area contributed by atoms with Gasteiger partial charge in [-0.15, -0.1) is 0 Å². The van der Waals surface area contributed by atoms with Crippen LogP contribution in [0.5, 0.6) is 5.75 Å². The third kappa shape index (κ3) is 7.76. The van der Waals surface area contributed by atoms with E-state index in [9.17, 15) is 4.79 Å². The summed E-state index contributed by atoms with van der Waals surface area (Å²) in [5.74, 6) is 8.40. The summed E-state index contributed by atoms with van der Waals surface area (Å²) in [7, 11) is 3.52. The van der Waals surface area contributed by atoms with Crippen LogP contribution in [0.4, 0.5) is 5.69 Å². The molecule has 2 aromatic rings. The van der Waals surface area contributed by atoms with Gasteiger partial charge in [-0.1, -0.05) is 43.4 Å². The minimum Gasteiger partial charge on any atom is -0.496 e. The third-order valence-electron chi connectivity index (χ3n) is 8.31. The molecule has 0 unspecified atom stereocenters. The maximum atomic E-state index is 13.9. The number of anilines is 1. The summed E-state index contributed by atoms with van der Waals surface area (Å²) < 4.78 is 5.45. The van der Waals surface area contributed by atoms with Crippen LogP contribution in [0, 0.1) is 36.0 Å². The van der Waals surface area contributed by atoms with Crippen LogP contribution in [0.1, 0.15) is 80.4 Å². The van der Waals surface area contributed by atoms with E-state index < -0.39 is 0 Å². The third-order valence-corrected chi connectivity index (χ3v) is 8.31. The Hall–Kier alpha value is -3.52. The molecule has 0 atom stereocenters. The highest BCUT2D eigenvalue weighted by Crippen LogP contribution is 2.38. The number of nitrogens with one attached hydrogen (secondary N) is 2. The van der Waals surface area contributed by atoms with Crippen molar-refractivity contribution in [1.29, 1.82) is 5.41 Å². The van der Waals surface area contributed by atoms with Crippen LogP contribution in [0.2, 0.25) is 0 Å². The van der Waals surface area contributed by atoms with E-state index in [4.69, 9.17) is 10.1 Å². The van der Waals surface area contributed by atoms with Gasteiger partial charge in [0, 0.05) is 30.8 Å². The predicted octanol–water partition coefficient (Wildman–Crippen LogP) is 7.00. The summed E-state index contributed by atoms with van der Waals surface area (Å²) in [6.07, 6.45) is 13.4. The van der Waals surface area contributed by atoms with Crippen LogP contribution in [-0.2, 0) is 4.79 Å². The van der Waals surface area contributed by atoms with Gasteiger partial charge in [0.05, 0.1) is 7.11 Å². The lowest BCUT2D eigenvalue weighted by Gasteiger charge is -2.35. The van der Waals surface area contributed by atoms with Crippen molar-refractivity contribution in [3.63, 3.8) is 0 Å². The molecule has 206 valence electrons. The Labute approximate surface area is 234 Å². The first-order chi connectivity index (χ1) is 19.0. The topological polar surface area (TPSA) is 65.4 Å². The predicted molar refractivity (Wildman–Crippen MR) is 161 cm³/mol. The Morgan fingerprint density at radius 1 is 1.08 bits per heavy atom. The number of rotatable bonds is 8. The second-order valence-electron chi connectivity index (χ2n) is 11.1. The molecule has 0 saturated heterocycles. The average molecular weight is 526 g/mol. The van der Waals surface area contributed by atoms with E-state index in [1.165, 1.54) is 17.5 Å². The van der Waals surface area contributed by atoms with Crippen LogP contribution < -0.4 is 15.0 Å². The maximum Gasteiger partial charge on any atom is 0.230 e. The number of methoxy groups -OCH3 is 1. The summed E-state index contributed by atoms with van der Waals surface area (Å²) in [5, 5.41) is 10.9. The molecule has 5 heteroatoms. The molecular weight excluding hydrogens is 482 g/mol. The first-order valence-corrected chi connectivity index (χ1v) is 14.5. The van der Waals surface area contributed by atoms with Crippen molar-refractivity contribution >= 4 is 17.3 Å². The van der Waals surface area contributed by atoms with E-state index in [0.29, 0.717) is 11.8 Å². The van der Waals surface area contributed by atoms with Crippen LogP contribution in [0.3, 0.4) is 0 Å². The molecule has 0 bridgehead atoms. The zero-order valence-electron chi connectivity index (χ0n) is 23.8. The van der Waals surface area contributed by atoms with Crippen LogP contribution >= 0.6 is 0 Å². The average Bonchev–Trinajstić information content (AvgIpc) is 2.98. The molecule has 2 aromatic carbocycles. The molecule has 0 spiro atoms. The first-order valence-electron chi connectivity index (χ1n) is 14.5. The van der Waals surface area contributed by atoms with Crippen molar-refractivity contribution in [2.24, 2.45) is 11.8 Å². The maximum absolute atomic E-state index is 13.9. The Kier molecular flexibility index (Phi) is 10.3. The second-order valence-corrected chi connectivity index (χ2v) is 11.1. The van der Waals surface area contributed by atoms with Crippen LogP contribution in [0.25, 0.3) is 0 Å². The molecule has 39 heavy (non-hydrogen) atoms. The van der Waals surface area contributed by atoms with Crippen molar-refractivity contribution in [1.82, 2.24) is 5.32 Å². The fourth-order valence-corrected chi connectivity index (χ4v) is 6.08. The second kappa shape index (κ2) is 14.0. The number of aryl methyl sites for hydroxylation is 1. The Balaban J connectivity index is 1.49. The summed E-state index contributed by atoms with van der Waals surface area (Å²) in [4.78, 5) is 15.9. The minimum atomic E-state index is 0.118. The lowest BCUT2D eigenvalue weighted by Crippen LogP contribution is -2.41. The molecule has 0 aliphatic heterocycles. The zero-order valence-corrected chi connectivity index (χ0v) is 23.8. The van der Waals surface area contributed by atoms with Crippen LogP contribution in [-0.4, -0.2) is 32.3 Å². The molecular formula is C34H43N3O2. The van der Waals surface area contributed by atoms with Gasteiger partial charge in [-0.3, -0.25) is 10.2 Å². The van der Waals surface area contributed by atoms with Gasteiger partial charge in [0.1, 0.15) is 11.5 Å². The van der Waals surface area contributed by atoms with Gasteiger partial charge in [-0.25, -0.2) is 0 Å². The number of hydrogen-bond donors (Lipinski definition) is 2. The first kappa shape index (κ1) is 28.5. The van der Waals surface area contributed by atoms with E-state index in [0.717, 1.165) is 74.9 Å². The number of carbonyl (C=O) groups is 1.